The van der Waals surface area contributed by atoms with Crippen LogP contribution in [0.2, 0.25) is 0 Å². The lowest BCUT2D eigenvalue weighted by Gasteiger charge is -2.36. The van der Waals surface area contributed by atoms with Gasteiger partial charge in [0.1, 0.15) is 24.7 Å². The fourth-order valence-corrected chi connectivity index (χ4v) is 7.20. The average molecular weight is 825 g/mol. The number of benzene rings is 2. The fraction of sp³-hybridized carbons (Fsp3) is 0.619. The summed E-state index contributed by atoms with van der Waals surface area (Å²) in [5, 5.41) is 0. The molecule has 50 heavy (non-hydrogen) atoms. The highest BCUT2D eigenvalue weighted by Crippen LogP contribution is 2.46. The number of halogens is 2. The van der Waals surface area contributed by atoms with Crippen molar-refractivity contribution in [3.05, 3.63) is 80.8 Å². The summed E-state index contributed by atoms with van der Waals surface area (Å²) >= 11 is 7.56. The van der Waals surface area contributed by atoms with Crippen molar-refractivity contribution in [2.75, 3.05) is 52.9 Å². The molecule has 0 saturated carbocycles. The SMILES string of the molecule is C=CCOc1c(Br)cc(C(C)(C)C)cc1C(CC)(CC)OCCOCCOCCOC(CC)(CC)c1cc(C(C)(C)C)cc(Br)c1OCC=C. The van der Waals surface area contributed by atoms with E-state index in [1.54, 1.807) is 12.2 Å². The second-order valence-electron chi connectivity index (χ2n) is 14.7. The molecule has 0 heterocycles. The molecule has 0 unspecified atom stereocenters. The molecule has 0 radical (unpaired) electrons. The van der Waals surface area contributed by atoms with Gasteiger partial charge in [-0.2, -0.15) is 0 Å². The lowest BCUT2D eigenvalue weighted by atomic mass is 9.81. The number of hydrogen-bond acceptors (Lipinski definition) is 6. The molecule has 0 spiro atoms. The minimum Gasteiger partial charge on any atom is -0.488 e. The predicted molar refractivity (Wildman–Crippen MR) is 215 cm³/mol. The third-order valence-corrected chi connectivity index (χ3v) is 10.5. The Balaban J connectivity index is 2.00. The van der Waals surface area contributed by atoms with Gasteiger partial charge >= 0.3 is 0 Å². The highest BCUT2D eigenvalue weighted by Gasteiger charge is 2.36. The standard InChI is InChI=1S/C42H64Br2O6/c1-13-19-47-37-33(27-31(29-35(37)43)39(7,8)9)41(15-3,16-4)49-25-23-45-21-22-46-24-26-50-42(17-5,18-6)34-28-32(40(10,11)12)30-36(44)38(34)48-20-14-2/h13-14,27-30H,1-2,15-26H2,3-12H3. The monoisotopic (exact) mass is 822 g/mol. The minimum atomic E-state index is -0.513. The van der Waals surface area contributed by atoms with Gasteiger partial charge in [-0.15, -0.1) is 0 Å². The first-order chi connectivity index (χ1) is 23.6. The quantitative estimate of drug-likeness (QED) is 0.0822. The van der Waals surface area contributed by atoms with Gasteiger partial charge in [0.2, 0.25) is 0 Å². The van der Waals surface area contributed by atoms with E-state index in [9.17, 15) is 0 Å². The van der Waals surface area contributed by atoms with E-state index >= 15 is 0 Å². The molecule has 0 bridgehead atoms. The van der Waals surface area contributed by atoms with Crippen LogP contribution in [0.15, 0.2) is 58.5 Å². The summed E-state index contributed by atoms with van der Waals surface area (Å²) in [5.41, 5.74) is 3.48. The van der Waals surface area contributed by atoms with Crippen molar-refractivity contribution in [2.24, 2.45) is 0 Å². The summed E-state index contributed by atoms with van der Waals surface area (Å²) in [5.74, 6) is 1.62. The zero-order chi connectivity index (χ0) is 37.6. The van der Waals surface area contributed by atoms with Gasteiger partial charge in [0.05, 0.1) is 59.8 Å². The van der Waals surface area contributed by atoms with Crippen LogP contribution >= 0.6 is 31.9 Å². The summed E-state index contributed by atoms with van der Waals surface area (Å²) in [4.78, 5) is 0. The van der Waals surface area contributed by atoms with E-state index in [1.165, 1.54) is 11.1 Å². The summed E-state index contributed by atoms with van der Waals surface area (Å²) in [6.07, 6.45) is 6.73. The van der Waals surface area contributed by atoms with Crippen molar-refractivity contribution in [1.82, 2.24) is 0 Å². The number of hydrogen-bond donors (Lipinski definition) is 0. The number of rotatable bonds is 23. The van der Waals surface area contributed by atoms with Crippen molar-refractivity contribution in [3.8, 4) is 11.5 Å². The van der Waals surface area contributed by atoms with E-state index in [-0.39, 0.29) is 10.8 Å². The molecule has 2 aromatic carbocycles. The molecule has 0 aliphatic rings. The smallest absolute Gasteiger partial charge is 0.140 e. The van der Waals surface area contributed by atoms with E-state index in [4.69, 9.17) is 28.4 Å². The Bertz CT molecular complexity index is 1250. The first-order valence-electron chi connectivity index (χ1n) is 18.2. The van der Waals surface area contributed by atoms with Crippen LogP contribution in [0.4, 0.5) is 0 Å². The van der Waals surface area contributed by atoms with E-state index in [2.05, 4.69) is 139 Å². The Morgan fingerprint density at radius 3 is 1.14 bits per heavy atom. The normalized spacial score (nSPS) is 12.6. The zero-order valence-corrected chi connectivity index (χ0v) is 35.7. The second-order valence-corrected chi connectivity index (χ2v) is 16.4. The molecule has 2 aromatic rings. The topological polar surface area (TPSA) is 55.4 Å². The molecule has 0 saturated heterocycles. The molecular weight excluding hydrogens is 760 g/mol. The molecule has 0 N–H and O–H groups in total. The van der Waals surface area contributed by atoms with Gasteiger partial charge in [0.15, 0.2) is 0 Å². The highest BCUT2D eigenvalue weighted by atomic mass is 79.9. The fourth-order valence-electron chi connectivity index (χ4n) is 6.05. The maximum Gasteiger partial charge on any atom is 0.140 e. The molecular formula is C42H64Br2O6. The number of ether oxygens (including phenoxy) is 6. The Morgan fingerprint density at radius 2 is 0.860 bits per heavy atom. The van der Waals surface area contributed by atoms with Crippen LogP contribution < -0.4 is 9.47 Å². The van der Waals surface area contributed by atoms with Crippen molar-refractivity contribution >= 4 is 31.9 Å². The maximum absolute atomic E-state index is 6.65. The van der Waals surface area contributed by atoms with Crippen LogP contribution in [-0.2, 0) is 41.0 Å². The second kappa shape index (κ2) is 20.5. The van der Waals surface area contributed by atoms with Crippen LogP contribution in [0.3, 0.4) is 0 Å². The Morgan fingerprint density at radius 1 is 0.540 bits per heavy atom. The van der Waals surface area contributed by atoms with E-state index < -0.39 is 11.2 Å². The van der Waals surface area contributed by atoms with Crippen LogP contribution in [0, 0.1) is 0 Å². The van der Waals surface area contributed by atoms with Gasteiger partial charge in [-0.3, -0.25) is 0 Å². The van der Waals surface area contributed by atoms with Crippen molar-refractivity contribution < 1.29 is 28.4 Å². The minimum absolute atomic E-state index is 0.0264. The molecule has 8 heteroatoms. The van der Waals surface area contributed by atoms with Crippen LogP contribution in [0.5, 0.6) is 11.5 Å². The van der Waals surface area contributed by atoms with E-state index in [0.717, 1.165) is 57.3 Å². The van der Waals surface area contributed by atoms with Gasteiger partial charge in [0, 0.05) is 11.1 Å². The van der Waals surface area contributed by atoms with Crippen LogP contribution in [0.1, 0.15) is 117 Å². The Hall–Kier alpha value is -1.68. The van der Waals surface area contributed by atoms with Gasteiger partial charge < -0.3 is 28.4 Å². The summed E-state index contributed by atoms with van der Waals surface area (Å²) in [6, 6.07) is 8.79. The summed E-state index contributed by atoms with van der Waals surface area (Å²) in [6.45, 7) is 33.3. The Labute approximate surface area is 320 Å². The molecule has 0 amide bonds. The van der Waals surface area contributed by atoms with Crippen molar-refractivity contribution in [2.45, 2.75) is 117 Å². The van der Waals surface area contributed by atoms with E-state index in [1.807, 2.05) is 0 Å². The van der Waals surface area contributed by atoms with Gasteiger partial charge in [-0.1, -0.05) is 94.5 Å². The molecule has 0 aromatic heterocycles. The molecule has 2 rings (SSSR count). The van der Waals surface area contributed by atoms with E-state index in [0.29, 0.717) is 52.9 Å². The summed E-state index contributed by atoms with van der Waals surface area (Å²) in [7, 11) is 0. The van der Waals surface area contributed by atoms with Crippen molar-refractivity contribution in [3.63, 3.8) is 0 Å². The predicted octanol–water partition coefficient (Wildman–Crippen LogP) is 11.7. The average Bonchev–Trinajstić information content (AvgIpc) is 3.07. The first kappa shape index (κ1) is 44.5. The summed E-state index contributed by atoms with van der Waals surface area (Å²) < 4.78 is 39.4. The van der Waals surface area contributed by atoms with Gasteiger partial charge in [-0.05, 0) is 104 Å². The zero-order valence-electron chi connectivity index (χ0n) is 32.6. The molecule has 282 valence electrons. The lowest BCUT2D eigenvalue weighted by molar-refractivity contribution is -0.0917. The molecule has 0 atom stereocenters. The molecule has 0 aliphatic carbocycles. The Kier molecular flexibility index (Phi) is 18.3. The molecule has 0 aliphatic heterocycles. The van der Waals surface area contributed by atoms with Crippen LogP contribution in [0.25, 0.3) is 0 Å². The van der Waals surface area contributed by atoms with Crippen molar-refractivity contribution in [1.29, 1.82) is 0 Å². The highest BCUT2D eigenvalue weighted by molar-refractivity contribution is 9.11. The first-order valence-corrected chi connectivity index (χ1v) is 19.8. The lowest BCUT2D eigenvalue weighted by Crippen LogP contribution is -2.32. The third kappa shape index (κ3) is 11.9. The van der Waals surface area contributed by atoms with Gasteiger partial charge in [-0.25, -0.2) is 0 Å². The van der Waals surface area contributed by atoms with Crippen LogP contribution in [-0.4, -0.2) is 52.9 Å². The maximum atomic E-state index is 6.65. The largest absolute Gasteiger partial charge is 0.488 e. The molecule has 0 fully saturated rings. The third-order valence-electron chi connectivity index (χ3n) is 9.36. The van der Waals surface area contributed by atoms with Gasteiger partial charge in [0.25, 0.3) is 0 Å². The molecule has 6 nitrogen and oxygen atoms in total.